The molecule has 2 aromatic rings. The van der Waals surface area contributed by atoms with E-state index in [1.165, 1.54) is 0 Å². The summed E-state index contributed by atoms with van der Waals surface area (Å²) in [5.74, 6) is 2.23. The number of ether oxygens (including phenoxy) is 1. The normalized spacial score (nSPS) is 10.4. The predicted octanol–water partition coefficient (Wildman–Crippen LogP) is 5.26. The van der Waals surface area contributed by atoms with E-state index in [0.717, 1.165) is 28.5 Å². The minimum absolute atomic E-state index is 0.0140. The molecule has 0 radical (unpaired) electrons. The van der Waals surface area contributed by atoms with Gasteiger partial charge < -0.3 is 10.1 Å². The molecular weight excluding hydrogens is 353 g/mol. The van der Waals surface area contributed by atoms with Gasteiger partial charge in [-0.2, -0.15) is 11.8 Å². The summed E-state index contributed by atoms with van der Waals surface area (Å²) in [5.41, 5.74) is 1.83. The molecule has 23 heavy (non-hydrogen) atoms. The van der Waals surface area contributed by atoms with Crippen LogP contribution < -0.4 is 10.1 Å². The van der Waals surface area contributed by atoms with Gasteiger partial charge in [0.1, 0.15) is 5.75 Å². The van der Waals surface area contributed by atoms with E-state index in [2.05, 4.69) is 5.32 Å². The Morgan fingerprint density at radius 3 is 2.74 bits per heavy atom. The number of nitrogens with one attached hydrogen (secondary N) is 1. The number of halogens is 2. The lowest BCUT2D eigenvalue weighted by Gasteiger charge is -2.07. The van der Waals surface area contributed by atoms with E-state index in [1.54, 1.807) is 31.0 Å². The Kier molecular flexibility index (Phi) is 7.09. The van der Waals surface area contributed by atoms with Gasteiger partial charge in [0.25, 0.3) is 0 Å². The molecule has 0 spiro atoms. The zero-order valence-corrected chi connectivity index (χ0v) is 15.0. The first-order valence-corrected chi connectivity index (χ1v) is 8.95. The first-order valence-electron chi connectivity index (χ1n) is 7.04. The van der Waals surface area contributed by atoms with Gasteiger partial charge in [-0.1, -0.05) is 35.3 Å². The molecule has 0 bridgehead atoms. The van der Waals surface area contributed by atoms with Crippen LogP contribution in [0, 0.1) is 0 Å². The van der Waals surface area contributed by atoms with Crippen LogP contribution in [0.3, 0.4) is 0 Å². The molecule has 0 aliphatic heterocycles. The summed E-state index contributed by atoms with van der Waals surface area (Å²) in [5, 5.41) is 3.97. The molecule has 122 valence electrons. The largest absolute Gasteiger partial charge is 0.497 e. The van der Waals surface area contributed by atoms with Gasteiger partial charge in [-0.15, -0.1) is 0 Å². The number of methoxy groups -OCH3 is 1. The zero-order chi connectivity index (χ0) is 16.7. The molecule has 0 aromatic heterocycles. The molecule has 1 N–H and O–H groups in total. The number of anilines is 1. The SMILES string of the molecule is COc1cccc(NC(=O)CCSCc2ccc(Cl)c(Cl)c2)c1. The number of rotatable bonds is 7. The van der Waals surface area contributed by atoms with Gasteiger partial charge in [-0.05, 0) is 29.8 Å². The van der Waals surface area contributed by atoms with Crippen molar-refractivity contribution in [2.45, 2.75) is 12.2 Å². The monoisotopic (exact) mass is 369 g/mol. The van der Waals surface area contributed by atoms with E-state index in [1.807, 2.05) is 30.3 Å². The second-order valence-corrected chi connectivity index (χ2v) is 6.75. The highest BCUT2D eigenvalue weighted by atomic mass is 35.5. The van der Waals surface area contributed by atoms with E-state index < -0.39 is 0 Å². The molecule has 0 fully saturated rings. The van der Waals surface area contributed by atoms with Gasteiger partial charge in [0.05, 0.1) is 17.2 Å². The van der Waals surface area contributed by atoms with E-state index in [4.69, 9.17) is 27.9 Å². The fourth-order valence-electron chi connectivity index (χ4n) is 1.91. The number of benzene rings is 2. The summed E-state index contributed by atoms with van der Waals surface area (Å²) in [4.78, 5) is 11.9. The van der Waals surface area contributed by atoms with E-state index >= 15 is 0 Å². The molecule has 0 saturated heterocycles. The molecule has 0 unspecified atom stereocenters. The van der Waals surface area contributed by atoms with Crippen molar-refractivity contribution >= 4 is 46.6 Å². The van der Waals surface area contributed by atoms with Gasteiger partial charge in [0, 0.05) is 29.7 Å². The molecule has 0 aliphatic rings. The van der Waals surface area contributed by atoms with Gasteiger partial charge in [0.15, 0.2) is 0 Å². The maximum atomic E-state index is 11.9. The summed E-state index contributed by atoms with van der Waals surface area (Å²) in [6.07, 6.45) is 0.448. The molecule has 2 rings (SSSR count). The minimum atomic E-state index is -0.0140. The molecule has 0 heterocycles. The summed E-state index contributed by atoms with van der Waals surface area (Å²) in [7, 11) is 1.60. The summed E-state index contributed by atoms with van der Waals surface area (Å²) in [6.45, 7) is 0. The molecule has 0 saturated carbocycles. The van der Waals surface area contributed by atoms with Gasteiger partial charge >= 0.3 is 0 Å². The lowest BCUT2D eigenvalue weighted by Crippen LogP contribution is -2.12. The van der Waals surface area contributed by atoms with E-state index in [-0.39, 0.29) is 5.91 Å². The maximum absolute atomic E-state index is 11.9. The molecule has 3 nitrogen and oxygen atoms in total. The van der Waals surface area contributed by atoms with Crippen molar-refractivity contribution in [1.29, 1.82) is 0 Å². The number of hydrogen-bond donors (Lipinski definition) is 1. The van der Waals surface area contributed by atoms with Crippen LogP contribution in [0.4, 0.5) is 5.69 Å². The highest BCUT2D eigenvalue weighted by molar-refractivity contribution is 7.98. The second kappa shape index (κ2) is 9.06. The molecule has 6 heteroatoms. The minimum Gasteiger partial charge on any atom is -0.497 e. The Morgan fingerprint density at radius 2 is 2.00 bits per heavy atom. The Balaban J connectivity index is 1.73. The van der Waals surface area contributed by atoms with E-state index in [9.17, 15) is 4.79 Å². The van der Waals surface area contributed by atoms with Gasteiger partial charge in [-0.25, -0.2) is 0 Å². The Labute approximate surface area is 150 Å². The Hall–Kier alpha value is -1.36. The Bertz CT molecular complexity index is 679. The van der Waals surface area contributed by atoms with Crippen LogP contribution in [0.25, 0.3) is 0 Å². The smallest absolute Gasteiger partial charge is 0.225 e. The summed E-state index contributed by atoms with van der Waals surface area (Å²) < 4.78 is 5.13. The third-order valence-electron chi connectivity index (χ3n) is 3.08. The fraction of sp³-hybridized carbons (Fsp3) is 0.235. The highest BCUT2D eigenvalue weighted by Crippen LogP contribution is 2.25. The average molecular weight is 370 g/mol. The number of thioether (sulfide) groups is 1. The number of amides is 1. The number of carbonyl (C=O) groups excluding carboxylic acids is 1. The first-order chi connectivity index (χ1) is 11.1. The van der Waals surface area contributed by atoms with Crippen LogP contribution in [0.2, 0.25) is 10.0 Å². The second-order valence-electron chi connectivity index (χ2n) is 4.83. The van der Waals surface area contributed by atoms with Crippen LogP contribution in [0.15, 0.2) is 42.5 Å². The lowest BCUT2D eigenvalue weighted by atomic mass is 10.2. The summed E-state index contributed by atoms with van der Waals surface area (Å²) in [6, 6.07) is 12.9. The average Bonchev–Trinajstić information content (AvgIpc) is 2.55. The van der Waals surface area contributed by atoms with E-state index in [0.29, 0.717) is 16.5 Å². The fourth-order valence-corrected chi connectivity index (χ4v) is 3.12. The van der Waals surface area contributed by atoms with Gasteiger partial charge in [0.2, 0.25) is 5.91 Å². The van der Waals surface area contributed by atoms with Crippen molar-refractivity contribution in [3.05, 3.63) is 58.1 Å². The molecule has 2 aromatic carbocycles. The predicted molar refractivity (Wildman–Crippen MR) is 98.9 cm³/mol. The number of carbonyl (C=O) groups is 1. The standard InChI is InChI=1S/C17H17Cl2NO2S/c1-22-14-4-2-3-13(10-14)20-17(21)7-8-23-11-12-5-6-15(18)16(19)9-12/h2-6,9-10H,7-8,11H2,1H3,(H,20,21). The van der Waals surface area contributed by atoms with Crippen molar-refractivity contribution in [3.63, 3.8) is 0 Å². The molecule has 1 amide bonds. The van der Waals surface area contributed by atoms with Gasteiger partial charge in [-0.3, -0.25) is 4.79 Å². The van der Waals surface area contributed by atoms with Crippen LogP contribution in [-0.4, -0.2) is 18.8 Å². The summed E-state index contributed by atoms with van der Waals surface area (Å²) >= 11 is 13.5. The van der Waals surface area contributed by atoms with Crippen LogP contribution in [0.1, 0.15) is 12.0 Å². The molecular formula is C17H17Cl2NO2S. The molecule has 0 aliphatic carbocycles. The van der Waals surface area contributed by atoms with Crippen molar-refractivity contribution < 1.29 is 9.53 Å². The number of hydrogen-bond acceptors (Lipinski definition) is 3. The third kappa shape index (κ3) is 5.98. The first kappa shape index (κ1) is 18.0. The zero-order valence-electron chi connectivity index (χ0n) is 12.6. The topological polar surface area (TPSA) is 38.3 Å². The van der Waals surface area contributed by atoms with Crippen molar-refractivity contribution in [1.82, 2.24) is 0 Å². The Morgan fingerprint density at radius 1 is 1.17 bits per heavy atom. The lowest BCUT2D eigenvalue weighted by molar-refractivity contribution is -0.115. The van der Waals surface area contributed by atoms with Crippen LogP contribution >= 0.6 is 35.0 Å². The van der Waals surface area contributed by atoms with Crippen molar-refractivity contribution in [2.24, 2.45) is 0 Å². The van der Waals surface area contributed by atoms with Crippen molar-refractivity contribution in [2.75, 3.05) is 18.2 Å². The third-order valence-corrected chi connectivity index (χ3v) is 4.85. The van der Waals surface area contributed by atoms with Crippen LogP contribution in [-0.2, 0) is 10.5 Å². The maximum Gasteiger partial charge on any atom is 0.225 e. The van der Waals surface area contributed by atoms with Crippen LogP contribution in [0.5, 0.6) is 5.75 Å². The highest BCUT2D eigenvalue weighted by Gasteiger charge is 2.04. The van der Waals surface area contributed by atoms with Crippen molar-refractivity contribution in [3.8, 4) is 5.75 Å². The quantitative estimate of drug-likeness (QED) is 0.676. The molecule has 0 atom stereocenters.